The molecular formula is C14H21N3O. The maximum atomic E-state index is 9.08. The molecule has 98 valence electrons. The van der Waals surface area contributed by atoms with Gasteiger partial charge in [0.2, 0.25) is 0 Å². The summed E-state index contributed by atoms with van der Waals surface area (Å²) >= 11 is 0. The second kappa shape index (κ2) is 6.97. The first-order chi connectivity index (χ1) is 8.54. The number of nitriles is 1. The molecule has 0 amide bonds. The molecule has 0 atom stereocenters. The molecule has 0 aliphatic carbocycles. The molecule has 0 saturated heterocycles. The Balaban J connectivity index is 2.54. The van der Waals surface area contributed by atoms with Crippen molar-refractivity contribution in [1.82, 2.24) is 10.3 Å². The summed E-state index contributed by atoms with van der Waals surface area (Å²) in [7, 11) is 0. The van der Waals surface area contributed by atoms with Crippen molar-refractivity contribution in [3.63, 3.8) is 0 Å². The number of nitrogens with zero attached hydrogens (tertiary/aromatic N) is 2. The quantitative estimate of drug-likeness (QED) is 0.784. The van der Waals surface area contributed by atoms with Crippen molar-refractivity contribution in [2.45, 2.75) is 40.2 Å². The molecule has 1 aromatic rings. The van der Waals surface area contributed by atoms with E-state index in [1.54, 1.807) is 0 Å². The van der Waals surface area contributed by atoms with Crippen LogP contribution in [0.5, 0.6) is 5.75 Å². The van der Waals surface area contributed by atoms with Crippen LogP contribution < -0.4 is 10.1 Å². The molecule has 0 saturated carbocycles. The van der Waals surface area contributed by atoms with Crippen LogP contribution in [-0.2, 0) is 0 Å². The van der Waals surface area contributed by atoms with Crippen LogP contribution in [0.15, 0.2) is 6.07 Å². The lowest BCUT2D eigenvalue weighted by molar-refractivity contribution is 0.304. The van der Waals surface area contributed by atoms with Crippen molar-refractivity contribution in [1.29, 1.82) is 5.26 Å². The first-order valence-electron chi connectivity index (χ1n) is 6.29. The fraction of sp³-hybridized carbons (Fsp3) is 0.571. The first kappa shape index (κ1) is 14.5. The van der Waals surface area contributed by atoms with Crippen molar-refractivity contribution in [3.05, 3.63) is 23.0 Å². The van der Waals surface area contributed by atoms with E-state index < -0.39 is 0 Å². The van der Waals surface area contributed by atoms with Gasteiger partial charge >= 0.3 is 0 Å². The fourth-order valence-corrected chi connectivity index (χ4v) is 1.69. The van der Waals surface area contributed by atoms with Crippen LogP contribution in [-0.4, -0.2) is 24.2 Å². The molecule has 1 rings (SSSR count). The van der Waals surface area contributed by atoms with E-state index in [0.717, 1.165) is 24.4 Å². The van der Waals surface area contributed by atoms with Gasteiger partial charge in [0.1, 0.15) is 17.4 Å². The largest absolute Gasteiger partial charge is 0.492 e. The number of aryl methyl sites for hydroxylation is 2. The molecule has 0 fully saturated rings. The van der Waals surface area contributed by atoms with Crippen molar-refractivity contribution < 1.29 is 4.74 Å². The SMILES string of the molecule is Cc1cc(OCCCNC(C)C)c(C#N)c(C)n1. The Morgan fingerprint density at radius 3 is 2.78 bits per heavy atom. The van der Waals surface area contributed by atoms with Gasteiger partial charge in [0.15, 0.2) is 0 Å². The van der Waals surface area contributed by atoms with Crippen LogP contribution in [0, 0.1) is 25.2 Å². The molecule has 4 nitrogen and oxygen atoms in total. The van der Waals surface area contributed by atoms with Gasteiger partial charge < -0.3 is 10.1 Å². The number of aromatic nitrogens is 1. The van der Waals surface area contributed by atoms with Crippen molar-refractivity contribution >= 4 is 0 Å². The van der Waals surface area contributed by atoms with E-state index >= 15 is 0 Å². The number of rotatable bonds is 6. The van der Waals surface area contributed by atoms with Crippen LogP contribution in [0.25, 0.3) is 0 Å². The summed E-state index contributed by atoms with van der Waals surface area (Å²) in [5, 5.41) is 12.4. The number of hydrogen-bond donors (Lipinski definition) is 1. The Morgan fingerprint density at radius 2 is 2.17 bits per heavy atom. The number of nitrogens with one attached hydrogen (secondary N) is 1. The van der Waals surface area contributed by atoms with Gasteiger partial charge in [-0.15, -0.1) is 0 Å². The Bertz CT molecular complexity index is 435. The van der Waals surface area contributed by atoms with E-state index in [1.165, 1.54) is 0 Å². The summed E-state index contributed by atoms with van der Waals surface area (Å²) in [6.07, 6.45) is 0.920. The van der Waals surface area contributed by atoms with E-state index in [-0.39, 0.29) is 0 Å². The predicted octanol–water partition coefficient (Wildman–Crippen LogP) is 2.34. The molecular weight excluding hydrogens is 226 g/mol. The molecule has 0 radical (unpaired) electrons. The number of pyridine rings is 1. The zero-order valence-electron chi connectivity index (χ0n) is 11.6. The third-order valence-corrected chi connectivity index (χ3v) is 2.54. The maximum absolute atomic E-state index is 9.08. The molecule has 4 heteroatoms. The summed E-state index contributed by atoms with van der Waals surface area (Å²) in [6, 6.07) is 4.46. The van der Waals surface area contributed by atoms with Gasteiger partial charge in [-0.3, -0.25) is 4.98 Å². The van der Waals surface area contributed by atoms with Crippen LogP contribution in [0.4, 0.5) is 0 Å². The normalized spacial score (nSPS) is 10.4. The first-order valence-corrected chi connectivity index (χ1v) is 6.29. The standard InChI is InChI=1S/C14H21N3O/c1-10(2)16-6-5-7-18-14-8-11(3)17-12(4)13(14)9-15/h8,10,16H,5-7H2,1-4H3. The van der Waals surface area contributed by atoms with E-state index in [9.17, 15) is 0 Å². The topological polar surface area (TPSA) is 57.9 Å². The molecule has 1 N–H and O–H groups in total. The smallest absolute Gasteiger partial charge is 0.140 e. The third-order valence-electron chi connectivity index (χ3n) is 2.54. The minimum Gasteiger partial charge on any atom is -0.492 e. The molecule has 0 spiro atoms. The zero-order chi connectivity index (χ0) is 13.5. The van der Waals surface area contributed by atoms with Gasteiger partial charge in [-0.25, -0.2) is 0 Å². The second-order valence-electron chi connectivity index (χ2n) is 4.64. The Morgan fingerprint density at radius 1 is 1.44 bits per heavy atom. The van der Waals surface area contributed by atoms with Crippen LogP contribution in [0.3, 0.4) is 0 Å². The van der Waals surface area contributed by atoms with Gasteiger partial charge in [-0.05, 0) is 26.8 Å². The maximum Gasteiger partial charge on any atom is 0.140 e. The molecule has 0 aliphatic rings. The molecule has 0 aromatic carbocycles. The summed E-state index contributed by atoms with van der Waals surface area (Å²) in [5.74, 6) is 0.645. The molecule has 1 heterocycles. The van der Waals surface area contributed by atoms with Crippen molar-refractivity contribution in [2.75, 3.05) is 13.2 Å². The predicted molar refractivity (Wildman–Crippen MR) is 71.7 cm³/mol. The minimum atomic E-state index is 0.491. The summed E-state index contributed by atoms with van der Waals surface area (Å²) in [5.41, 5.74) is 2.15. The van der Waals surface area contributed by atoms with E-state index in [0.29, 0.717) is 24.0 Å². The molecule has 0 bridgehead atoms. The lowest BCUT2D eigenvalue weighted by Crippen LogP contribution is -2.24. The Labute approximate surface area is 109 Å². The highest BCUT2D eigenvalue weighted by Gasteiger charge is 2.08. The Hall–Kier alpha value is -1.60. The lowest BCUT2D eigenvalue weighted by atomic mass is 10.2. The second-order valence-corrected chi connectivity index (χ2v) is 4.64. The van der Waals surface area contributed by atoms with Gasteiger partial charge in [-0.1, -0.05) is 13.8 Å². The van der Waals surface area contributed by atoms with E-state index in [2.05, 4.69) is 30.2 Å². The average Bonchev–Trinajstić information content (AvgIpc) is 2.27. The highest BCUT2D eigenvalue weighted by atomic mass is 16.5. The third kappa shape index (κ3) is 4.34. The summed E-state index contributed by atoms with van der Waals surface area (Å²) < 4.78 is 5.67. The average molecular weight is 247 g/mol. The van der Waals surface area contributed by atoms with Gasteiger partial charge in [0.05, 0.1) is 12.3 Å². The highest BCUT2D eigenvalue weighted by Crippen LogP contribution is 2.21. The minimum absolute atomic E-state index is 0.491. The van der Waals surface area contributed by atoms with Gasteiger partial charge in [0.25, 0.3) is 0 Å². The molecule has 0 aliphatic heterocycles. The van der Waals surface area contributed by atoms with E-state index in [1.807, 2.05) is 19.9 Å². The number of hydrogen-bond acceptors (Lipinski definition) is 4. The van der Waals surface area contributed by atoms with Crippen LogP contribution in [0.1, 0.15) is 37.2 Å². The molecule has 1 aromatic heterocycles. The zero-order valence-corrected chi connectivity index (χ0v) is 11.6. The monoisotopic (exact) mass is 247 g/mol. The Kier molecular flexibility index (Phi) is 5.60. The summed E-state index contributed by atoms with van der Waals surface area (Å²) in [6.45, 7) is 9.49. The molecule has 0 unspecified atom stereocenters. The van der Waals surface area contributed by atoms with Crippen molar-refractivity contribution in [3.8, 4) is 11.8 Å². The van der Waals surface area contributed by atoms with Crippen LogP contribution >= 0.6 is 0 Å². The van der Waals surface area contributed by atoms with Gasteiger partial charge in [0, 0.05) is 17.8 Å². The highest BCUT2D eigenvalue weighted by molar-refractivity contribution is 5.46. The lowest BCUT2D eigenvalue weighted by Gasteiger charge is -2.11. The molecule has 18 heavy (non-hydrogen) atoms. The van der Waals surface area contributed by atoms with Gasteiger partial charge in [-0.2, -0.15) is 5.26 Å². The fourth-order valence-electron chi connectivity index (χ4n) is 1.69. The van der Waals surface area contributed by atoms with E-state index in [4.69, 9.17) is 10.00 Å². The van der Waals surface area contributed by atoms with Crippen LogP contribution in [0.2, 0.25) is 0 Å². The van der Waals surface area contributed by atoms with Crippen molar-refractivity contribution in [2.24, 2.45) is 0 Å². The summed E-state index contributed by atoms with van der Waals surface area (Å²) in [4.78, 5) is 4.26. The number of ether oxygens (including phenoxy) is 1.